The van der Waals surface area contributed by atoms with Gasteiger partial charge in [0.25, 0.3) is 5.91 Å². The summed E-state index contributed by atoms with van der Waals surface area (Å²) in [5.74, 6) is 0.304. The quantitative estimate of drug-likeness (QED) is 0.737. The molecule has 0 N–H and O–H groups in total. The largest absolute Gasteiger partial charge is 0.452 e. The van der Waals surface area contributed by atoms with E-state index in [1.807, 2.05) is 0 Å². The third-order valence-corrected chi connectivity index (χ3v) is 2.73. The van der Waals surface area contributed by atoms with Gasteiger partial charge in [0.2, 0.25) is 5.22 Å². The summed E-state index contributed by atoms with van der Waals surface area (Å²) in [5, 5.41) is 0.140. The number of carbonyl (C=O) groups is 1. The Hall–Kier alpha value is -0.670. The average molecular weight is 264 g/mol. The molecule has 0 aromatic carbocycles. The predicted molar refractivity (Wildman–Crippen MR) is 65.2 cm³/mol. The second kappa shape index (κ2) is 6.81. The van der Waals surface area contributed by atoms with E-state index in [1.165, 1.54) is 6.26 Å². The maximum Gasteiger partial charge on any atom is 0.258 e. The number of halogens is 2. The normalized spacial score (nSPS) is 10.4. The van der Waals surface area contributed by atoms with Crippen LogP contribution in [0.25, 0.3) is 0 Å². The van der Waals surface area contributed by atoms with Crippen LogP contribution in [0.15, 0.2) is 16.7 Å². The van der Waals surface area contributed by atoms with Crippen molar-refractivity contribution >= 4 is 29.1 Å². The molecule has 0 aliphatic heterocycles. The fraction of sp³-hybridized carbons (Fsp3) is 0.545. The first-order chi connectivity index (χ1) is 7.70. The summed E-state index contributed by atoms with van der Waals surface area (Å²) < 4.78 is 4.90. The van der Waals surface area contributed by atoms with Crippen LogP contribution in [-0.2, 0) is 0 Å². The van der Waals surface area contributed by atoms with E-state index in [9.17, 15) is 4.79 Å². The van der Waals surface area contributed by atoms with E-state index >= 15 is 0 Å². The van der Waals surface area contributed by atoms with Crippen molar-refractivity contribution in [3.63, 3.8) is 0 Å². The SMILES string of the molecule is CCCCN(CCCl)C(=O)c1ccoc1Cl. The molecule has 0 saturated carbocycles. The van der Waals surface area contributed by atoms with Crippen molar-refractivity contribution in [1.29, 1.82) is 0 Å². The number of nitrogens with zero attached hydrogens (tertiary/aromatic N) is 1. The Bertz CT molecular complexity index is 338. The molecule has 0 spiro atoms. The van der Waals surface area contributed by atoms with Crippen molar-refractivity contribution < 1.29 is 9.21 Å². The predicted octanol–water partition coefficient (Wildman–Crippen LogP) is 3.41. The number of rotatable bonds is 6. The lowest BCUT2D eigenvalue weighted by Gasteiger charge is -2.20. The molecule has 0 fully saturated rings. The minimum Gasteiger partial charge on any atom is -0.452 e. The van der Waals surface area contributed by atoms with Crippen molar-refractivity contribution in [3.8, 4) is 0 Å². The lowest BCUT2D eigenvalue weighted by Crippen LogP contribution is -2.33. The van der Waals surface area contributed by atoms with Gasteiger partial charge in [0.15, 0.2) is 0 Å². The Balaban J connectivity index is 2.70. The summed E-state index contributed by atoms with van der Waals surface area (Å²) >= 11 is 11.4. The number of amides is 1. The van der Waals surface area contributed by atoms with Crippen LogP contribution in [0.4, 0.5) is 0 Å². The zero-order valence-electron chi connectivity index (χ0n) is 9.21. The second-order valence-corrected chi connectivity index (χ2v) is 4.16. The second-order valence-electron chi connectivity index (χ2n) is 3.44. The molecule has 3 nitrogen and oxygen atoms in total. The van der Waals surface area contributed by atoms with Crippen molar-refractivity contribution in [1.82, 2.24) is 4.90 Å². The first-order valence-corrected chi connectivity index (χ1v) is 6.20. The van der Waals surface area contributed by atoms with Gasteiger partial charge >= 0.3 is 0 Å². The highest BCUT2D eigenvalue weighted by Gasteiger charge is 2.19. The molecule has 0 atom stereocenters. The fourth-order valence-corrected chi connectivity index (χ4v) is 1.78. The van der Waals surface area contributed by atoms with Crippen LogP contribution < -0.4 is 0 Å². The molecule has 0 aliphatic carbocycles. The number of alkyl halides is 1. The fourth-order valence-electron chi connectivity index (χ4n) is 1.38. The van der Waals surface area contributed by atoms with Crippen molar-refractivity contribution in [3.05, 3.63) is 23.1 Å². The summed E-state index contributed by atoms with van der Waals surface area (Å²) in [4.78, 5) is 13.7. The Morgan fingerprint density at radius 3 is 2.75 bits per heavy atom. The molecule has 1 aromatic heterocycles. The minimum absolute atomic E-state index is 0.118. The maximum atomic E-state index is 12.0. The topological polar surface area (TPSA) is 33.5 Å². The summed E-state index contributed by atoms with van der Waals surface area (Å²) in [6.45, 7) is 3.31. The van der Waals surface area contributed by atoms with Gasteiger partial charge in [-0.3, -0.25) is 4.79 Å². The Kier molecular flexibility index (Phi) is 5.71. The van der Waals surface area contributed by atoms with E-state index in [4.69, 9.17) is 27.6 Å². The number of hydrogen-bond donors (Lipinski definition) is 0. The Morgan fingerprint density at radius 2 is 2.25 bits per heavy atom. The van der Waals surface area contributed by atoms with Crippen molar-refractivity contribution in [2.24, 2.45) is 0 Å². The number of furan rings is 1. The van der Waals surface area contributed by atoms with E-state index in [2.05, 4.69) is 6.92 Å². The van der Waals surface area contributed by atoms with Crippen LogP contribution in [0.5, 0.6) is 0 Å². The number of hydrogen-bond acceptors (Lipinski definition) is 2. The zero-order chi connectivity index (χ0) is 12.0. The van der Waals surface area contributed by atoms with Gasteiger partial charge in [0, 0.05) is 19.0 Å². The van der Waals surface area contributed by atoms with Crippen LogP contribution in [0, 0.1) is 0 Å². The van der Waals surface area contributed by atoms with Crippen LogP contribution in [0.3, 0.4) is 0 Å². The highest BCUT2D eigenvalue weighted by atomic mass is 35.5. The third-order valence-electron chi connectivity index (χ3n) is 2.27. The van der Waals surface area contributed by atoms with Gasteiger partial charge in [0.05, 0.1) is 11.8 Å². The van der Waals surface area contributed by atoms with E-state index in [-0.39, 0.29) is 11.1 Å². The Labute approximate surface area is 105 Å². The van der Waals surface area contributed by atoms with Gasteiger partial charge in [0.1, 0.15) is 0 Å². The van der Waals surface area contributed by atoms with Gasteiger partial charge in [-0.1, -0.05) is 13.3 Å². The third kappa shape index (κ3) is 3.42. The van der Waals surface area contributed by atoms with Gasteiger partial charge in [-0.15, -0.1) is 11.6 Å². The van der Waals surface area contributed by atoms with Crippen molar-refractivity contribution in [2.45, 2.75) is 19.8 Å². The van der Waals surface area contributed by atoms with Gasteiger partial charge in [-0.25, -0.2) is 0 Å². The molecular formula is C11H15Cl2NO2. The van der Waals surface area contributed by atoms with E-state index in [1.54, 1.807) is 11.0 Å². The van der Waals surface area contributed by atoms with Crippen molar-refractivity contribution in [2.75, 3.05) is 19.0 Å². The molecule has 0 bridgehead atoms. The molecule has 1 rings (SSSR count). The average Bonchev–Trinajstić information content (AvgIpc) is 2.69. The molecule has 90 valence electrons. The van der Waals surface area contributed by atoms with Gasteiger partial charge < -0.3 is 9.32 Å². The van der Waals surface area contributed by atoms with Gasteiger partial charge in [-0.2, -0.15) is 0 Å². The number of carbonyl (C=O) groups excluding carboxylic acids is 1. The first-order valence-electron chi connectivity index (χ1n) is 5.29. The molecule has 0 aliphatic rings. The maximum absolute atomic E-state index is 12.0. The monoisotopic (exact) mass is 263 g/mol. The molecule has 0 unspecified atom stereocenters. The molecule has 1 amide bonds. The highest BCUT2D eigenvalue weighted by Crippen LogP contribution is 2.18. The standard InChI is InChI=1S/C11H15Cl2NO2/c1-2-3-6-14(7-5-12)11(15)9-4-8-16-10(9)13/h4,8H,2-3,5-7H2,1H3. The van der Waals surface area contributed by atoms with Crippen LogP contribution in [0.1, 0.15) is 30.1 Å². The smallest absolute Gasteiger partial charge is 0.258 e. The molecule has 0 radical (unpaired) electrons. The molecule has 16 heavy (non-hydrogen) atoms. The van der Waals surface area contributed by atoms with E-state index in [0.717, 1.165) is 12.8 Å². The number of unbranched alkanes of at least 4 members (excludes halogenated alkanes) is 1. The first kappa shape index (κ1) is 13.4. The Morgan fingerprint density at radius 1 is 1.50 bits per heavy atom. The van der Waals surface area contributed by atoms with Crippen LogP contribution in [-0.4, -0.2) is 29.8 Å². The summed E-state index contributed by atoms with van der Waals surface area (Å²) in [7, 11) is 0. The van der Waals surface area contributed by atoms with E-state index < -0.39 is 0 Å². The lowest BCUT2D eigenvalue weighted by molar-refractivity contribution is 0.0763. The molecule has 1 aromatic rings. The minimum atomic E-state index is -0.118. The molecule has 0 saturated heterocycles. The molecular weight excluding hydrogens is 249 g/mol. The lowest BCUT2D eigenvalue weighted by atomic mass is 10.2. The van der Waals surface area contributed by atoms with Crippen LogP contribution >= 0.6 is 23.2 Å². The highest BCUT2D eigenvalue weighted by molar-refractivity contribution is 6.32. The summed E-state index contributed by atoms with van der Waals surface area (Å²) in [5.41, 5.74) is 0.405. The summed E-state index contributed by atoms with van der Waals surface area (Å²) in [6.07, 6.45) is 3.40. The van der Waals surface area contributed by atoms with Crippen LogP contribution in [0.2, 0.25) is 5.22 Å². The molecule has 5 heteroatoms. The van der Waals surface area contributed by atoms with Gasteiger partial charge in [-0.05, 0) is 24.1 Å². The summed E-state index contributed by atoms with van der Waals surface area (Å²) in [6, 6.07) is 1.58. The van der Waals surface area contributed by atoms with E-state index in [0.29, 0.717) is 24.5 Å². The molecule has 1 heterocycles. The zero-order valence-corrected chi connectivity index (χ0v) is 10.7.